The molecule has 0 unspecified atom stereocenters. The third-order valence-electron chi connectivity index (χ3n) is 4.00. The highest BCUT2D eigenvalue weighted by Gasteiger charge is 2.12. The molecule has 1 N–H and O–H groups in total. The van der Waals surface area contributed by atoms with Crippen LogP contribution in [0.1, 0.15) is 11.1 Å². The molecule has 6 heteroatoms. The fourth-order valence-corrected chi connectivity index (χ4v) is 2.75. The molecular weight excluding hydrogens is 393 g/mol. The molecule has 0 heterocycles. The van der Waals surface area contributed by atoms with Crippen molar-refractivity contribution < 1.29 is 4.79 Å². The molecule has 0 fully saturated rings. The third-order valence-corrected chi connectivity index (χ3v) is 4.51. The molecule has 4 nitrogen and oxygen atoms in total. The second-order valence-corrected chi connectivity index (χ2v) is 6.96. The Balaban J connectivity index is 1.73. The SMILES string of the molecule is O=C(Nc1ccc(Cl)cc1)N(CCc1ccccc1)N=Cc1ccc(Cl)cc1. The van der Waals surface area contributed by atoms with Crippen LogP contribution < -0.4 is 5.32 Å². The van der Waals surface area contributed by atoms with Crippen LogP contribution in [-0.4, -0.2) is 23.8 Å². The van der Waals surface area contributed by atoms with Crippen LogP contribution in [0.2, 0.25) is 10.0 Å². The summed E-state index contributed by atoms with van der Waals surface area (Å²) in [5.74, 6) is 0. The molecule has 0 bridgehead atoms. The van der Waals surface area contributed by atoms with Crippen molar-refractivity contribution in [2.45, 2.75) is 6.42 Å². The van der Waals surface area contributed by atoms with Crippen molar-refractivity contribution in [3.05, 3.63) is 100 Å². The van der Waals surface area contributed by atoms with Gasteiger partial charge in [0.05, 0.1) is 12.8 Å². The number of rotatable bonds is 6. The summed E-state index contributed by atoms with van der Waals surface area (Å²) in [5, 5.41) is 9.90. The first kappa shape index (κ1) is 19.9. The molecule has 2 amide bonds. The number of amides is 2. The van der Waals surface area contributed by atoms with Crippen molar-refractivity contribution in [3.8, 4) is 0 Å². The molecule has 3 rings (SSSR count). The second-order valence-electron chi connectivity index (χ2n) is 6.09. The molecule has 0 saturated carbocycles. The van der Waals surface area contributed by atoms with Gasteiger partial charge >= 0.3 is 6.03 Å². The van der Waals surface area contributed by atoms with Crippen LogP contribution in [0.15, 0.2) is 84.0 Å². The van der Waals surface area contributed by atoms with Crippen LogP contribution in [0, 0.1) is 0 Å². The maximum absolute atomic E-state index is 12.7. The van der Waals surface area contributed by atoms with Gasteiger partial charge in [0, 0.05) is 15.7 Å². The van der Waals surface area contributed by atoms with Crippen molar-refractivity contribution in [1.82, 2.24) is 5.01 Å². The average Bonchev–Trinajstić information content (AvgIpc) is 2.72. The Labute approximate surface area is 174 Å². The molecule has 0 aliphatic carbocycles. The summed E-state index contributed by atoms with van der Waals surface area (Å²) in [7, 11) is 0. The monoisotopic (exact) mass is 411 g/mol. The summed E-state index contributed by atoms with van der Waals surface area (Å²) in [6, 6.07) is 23.9. The summed E-state index contributed by atoms with van der Waals surface area (Å²) in [4.78, 5) is 12.7. The van der Waals surface area contributed by atoms with E-state index in [9.17, 15) is 4.79 Å². The predicted molar refractivity (Wildman–Crippen MR) is 116 cm³/mol. The Morgan fingerprint density at radius 1 is 0.893 bits per heavy atom. The van der Waals surface area contributed by atoms with Gasteiger partial charge in [0.2, 0.25) is 0 Å². The van der Waals surface area contributed by atoms with E-state index in [2.05, 4.69) is 10.4 Å². The standard InChI is InChI=1S/C22H19Cl2N3O/c23-19-8-6-18(7-9-19)16-25-27(15-14-17-4-2-1-3-5-17)22(28)26-21-12-10-20(24)11-13-21/h1-13,16H,14-15H2,(H,26,28). The van der Waals surface area contributed by atoms with Crippen LogP contribution in [0.3, 0.4) is 0 Å². The van der Waals surface area contributed by atoms with Crippen LogP contribution in [-0.2, 0) is 6.42 Å². The van der Waals surface area contributed by atoms with Crippen LogP contribution in [0.25, 0.3) is 0 Å². The number of nitrogens with zero attached hydrogens (tertiary/aromatic N) is 2. The van der Waals surface area contributed by atoms with E-state index in [1.807, 2.05) is 42.5 Å². The molecule has 0 aromatic heterocycles. The van der Waals surface area contributed by atoms with Gasteiger partial charge in [-0.2, -0.15) is 5.10 Å². The largest absolute Gasteiger partial charge is 0.342 e. The van der Waals surface area contributed by atoms with E-state index in [1.54, 1.807) is 42.6 Å². The van der Waals surface area contributed by atoms with Gasteiger partial charge in [-0.05, 0) is 53.9 Å². The van der Waals surface area contributed by atoms with Crippen LogP contribution in [0.4, 0.5) is 10.5 Å². The molecular formula is C22H19Cl2N3O. The number of nitrogens with one attached hydrogen (secondary N) is 1. The van der Waals surface area contributed by atoms with E-state index in [0.717, 1.165) is 11.1 Å². The fraction of sp³-hybridized carbons (Fsp3) is 0.0909. The number of hydrogen-bond donors (Lipinski definition) is 1. The Bertz CT molecular complexity index is 926. The minimum absolute atomic E-state index is 0.316. The molecule has 142 valence electrons. The Kier molecular flexibility index (Phi) is 7.06. The lowest BCUT2D eigenvalue weighted by Crippen LogP contribution is -2.32. The van der Waals surface area contributed by atoms with E-state index in [-0.39, 0.29) is 6.03 Å². The average molecular weight is 412 g/mol. The number of carbonyl (C=O) groups is 1. The number of urea groups is 1. The van der Waals surface area contributed by atoms with Gasteiger partial charge in [-0.25, -0.2) is 9.80 Å². The van der Waals surface area contributed by atoms with Crippen LogP contribution in [0.5, 0.6) is 0 Å². The molecule has 0 aliphatic rings. The minimum Gasteiger partial charge on any atom is -0.306 e. The Morgan fingerprint density at radius 3 is 2.14 bits per heavy atom. The van der Waals surface area contributed by atoms with Gasteiger partial charge in [0.15, 0.2) is 0 Å². The summed E-state index contributed by atoms with van der Waals surface area (Å²) in [6.45, 7) is 0.438. The zero-order chi connectivity index (χ0) is 19.8. The Morgan fingerprint density at radius 2 is 1.50 bits per heavy atom. The smallest absolute Gasteiger partial charge is 0.306 e. The van der Waals surface area contributed by atoms with Gasteiger partial charge in [0.25, 0.3) is 0 Å². The van der Waals surface area contributed by atoms with E-state index < -0.39 is 0 Å². The number of benzene rings is 3. The zero-order valence-electron chi connectivity index (χ0n) is 15.1. The van der Waals surface area contributed by atoms with Gasteiger partial charge in [-0.3, -0.25) is 0 Å². The fourth-order valence-electron chi connectivity index (χ4n) is 2.50. The Hall–Kier alpha value is -2.82. The summed E-state index contributed by atoms with van der Waals surface area (Å²) < 4.78 is 0. The maximum atomic E-state index is 12.7. The molecule has 0 spiro atoms. The topological polar surface area (TPSA) is 44.7 Å². The number of hydrogen-bond acceptors (Lipinski definition) is 2. The normalized spacial score (nSPS) is 10.8. The van der Waals surface area contributed by atoms with Crippen molar-refractivity contribution >= 4 is 41.1 Å². The van der Waals surface area contributed by atoms with Gasteiger partial charge in [-0.1, -0.05) is 65.7 Å². The molecule has 3 aromatic rings. The van der Waals surface area contributed by atoms with Crippen molar-refractivity contribution in [3.63, 3.8) is 0 Å². The molecule has 0 aliphatic heterocycles. The van der Waals surface area contributed by atoms with Gasteiger partial charge in [-0.15, -0.1) is 0 Å². The number of carbonyl (C=O) groups excluding carboxylic acids is 1. The van der Waals surface area contributed by atoms with E-state index in [1.165, 1.54) is 5.01 Å². The first-order chi connectivity index (χ1) is 13.6. The summed E-state index contributed by atoms with van der Waals surface area (Å²) in [5.41, 5.74) is 2.64. The van der Waals surface area contributed by atoms with E-state index in [4.69, 9.17) is 23.2 Å². The minimum atomic E-state index is -0.316. The molecule has 3 aromatic carbocycles. The van der Waals surface area contributed by atoms with Crippen molar-refractivity contribution in [2.24, 2.45) is 5.10 Å². The van der Waals surface area contributed by atoms with Crippen molar-refractivity contribution in [1.29, 1.82) is 0 Å². The first-order valence-corrected chi connectivity index (χ1v) is 9.53. The number of hydrazone groups is 1. The highest BCUT2D eigenvalue weighted by Crippen LogP contribution is 2.14. The third kappa shape index (κ3) is 6.12. The number of anilines is 1. The van der Waals surface area contributed by atoms with Gasteiger partial charge < -0.3 is 5.32 Å². The highest BCUT2D eigenvalue weighted by atomic mass is 35.5. The number of halogens is 2. The molecule has 28 heavy (non-hydrogen) atoms. The summed E-state index contributed by atoms with van der Waals surface area (Å²) in [6.07, 6.45) is 2.33. The van der Waals surface area contributed by atoms with E-state index >= 15 is 0 Å². The van der Waals surface area contributed by atoms with Crippen LogP contribution >= 0.6 is 23.2 Å². The molecule has 0 atom stereocenters. The molecule has 0 saturated heterocycles. The predicted octanol–water partition coefficient (Wildman–Crippen LogP) is 6.10. The van der Waals surface area contributed by atoms with E-state index in [0.29, 0.717) is 28.7 Å². The summed E-state index contributed by atoms with van der Waals surface area (Å²) >= 11 is 11.8. The maximum Gasteiger partial charge on any atom is 0.342 e. The molecule has 0 radical (unpaired) electrons. The van der Waals surface area contributed by atoms with Gasteiger partial charge in [0.1, 0.15) is 0 Å². The second kappa shape index (κ2) is 9.93. The lowest BCUT2D eigenvalue weighted by molar-refractivity contribution is 0.215. The zero-order valence-corrected chi connectivity index (χ0v) is 16.6. The lowest BCUT2D eigenvalue weighted by atomic mass is 10.1. The quantitative estimate of drug-likeness (QED) is 0.386. The lowest BCUT2D eigenvalue weighted by Gasteiger charge is -2.18. The highest BCUT2D eigenvalue weighted by molar-refractivity contribution is 6.30. The van der Waals surface area contributed by atoms with Crippen molar-refractivity contribution in [2.75, 3.05) is 11.9 Å². The first-order valence-electron chi connectivity index (χ1n) is 8.78.